The van der Waals surface area contributed by atoms with E-state index < -0.39 is 4.92 Å². The van der Waals surface area contributed by atoms with E-state index in [1.165, 1.54) is 6.07 Å². The number of nitro benzene ring substituents is 1. The fraction of sp³-hybridized carbons (Fsp3) is 0.222. The summed E-state index contributed by atoms with van der Waals surface area (Å²) in [5, 5.41) is 10.7. The van der Waals surface area contributed by atoms with Crippen LogP contribution in [-0.2, 0) is 6.42 Å². The maximum atomic E-state index is 10.7. The number of aromatic amines is 1. The standard InChI is InChI=1S/C9H9N3O2/c1-2-8-10-6-4-3-5-7(12(13)14)9(6)11-8/h3-5H,2H2,1H3,(H,10,11). The Morgan fingerprint density at radius 3 is 3.00 bits per heavy atom. The van der Waals surface area contributed by atoms with Crippen LogP contribution in [0.25, 0.3) is 11.0 Å². The number of para-hydroxylation sites is 1. The number of H-pyrrole nitrogens is 1. The first-order chi connectivity index (χ1) is 6.72. The summed E-state index contributed by atoms with van der Waals surface area (Å²) in [7, 11) is 0. The second-order valence-electron chi connectivity index (χ2n) is 2.97. The molecule has 2 rings (SSSR count). The molecule has 0 spiro atoms. The monoisotopic (exact) mass is 191 g/mol. The molecule has 0 aliphatic rings. The third kappa shape index (κ3) is 1.22. The molecule has 0 saturated heterocycles. The van der Waals surface area contributed by atoms with Crippen molar-refractivity contribution in [2.75, 3.05) is 0 Å². The van der Waals surface area contributed by atoms with E-state index >= 15 is 0 Å². The summed E-state index contributed by atoms with van der Waals surface area (Å²) >= 11 is 0. The quantitative estimate of drug-likeness (QED) is 0.583. The van der Waals surface area contributed by atoms with Gasteiger partial charge in [0.1, 0.15) is 5.82 Å². The summed E-state index contributed by atoms with van der Waals surface area (Å²) in [6.45, 7) is 1.95. The number of imidazole rings is 1. The van der Waals surface area contributed by atoms with E-state index in [1.807, 2.05) is 6.92 Å². The molecule has 1 heterocycles. The molecule has 1 aromatic heterocycles. The minimum atomic E-state index is -0.414. The van der Waals surface area contributed by atoms with Gasteiger partial charge < -0.3 is 4.98 Å². The molecule has 5 heteroatoms. The van der Waals surface area contributed by atoms with Crippen LogP contribution in [0.4, 0.5) is 5.69 Å². The summed E-state index contributed by atoms with van der Waals surface area (Å²) < 4.78 is 0. The van der Waals surface area contributed by atoms with Crippen molar-refractivity contribution in [2.45, 2.75) is 13.3 Å². The van der Waals surface area contributed by atoms with Crippen molar-refractivity contribution in [1.82, 2.24) is 9.97 Å². The van der Waals surface area contributed by atoms with E-state index in [0.717, 1.165) is 17.8 Å². The molecule has 0 aliphatic heterocycles. The Balaban J connectivity index is 2.73. The molecule has 0 aliphatic carbocycles. The van der Waals surface area contributed by atoms with Crippen molar-refractivity contribution < 1.29 is 4.92 Å². The number of aromatic nitrogens is 2. The highest BCUT2D eigenvalue weighted by atomic mass is 16.6. The van der Waals surface area contributed by atoms with Crippen molar-refractivity contribution in [3.63, 3.8) is 0 Å². The van der Waals surface area contributed by atoms with Crippen molar-refractivity contribution in [1.29, 1.82) is 0 Å². The fourth-order valence-corrected chi connectivity index (χ4v) is 1.38. The summed E-state index contributed by atoms with van der Waals surface area (Å²) in [4.78, 5) is 17.4. The highest BCUT2D eigenvalue weighted by Gasteiger charge is 2.14. The Bertz CT molecular complexity index is 490. The van der Waals surface area contributed by atoms with Gasteiger partial charge in [0.2, 0.25) is 0 Å². The number of fused-ring (bicyclic) bond motifs is 1. The third-order valence-corrected chi connectivity index (χ3v) is 2.07. The lowest BCUT2D eigenvalue weighted by atomic mass is 10.3. The summed E-state index contributed by atoms with van der Waals surface area (Å²) in [5.41, 5.74) is 1.21. The number of nitro groups is 1. The van der Waals surface area contributed by atoms with E-state index in [1.54, 1.807) is 12.1 Å². The molecule has 0 fully saturated rings. The fourth-order valence-electron chi connectivity index (χ4n) is 1.38. The van der Waals surface area contributed by atoms with Gasteiger partial charge in [0.25, 0.3) is 5.69 Å². The number of hydrogen-bond acceptors (Lipinski definition) is 3. The molecule has 0 radical (unpaired) electrons. The average Bonchev–Trinajstić information content (AvgIpc) is 2.59. The molecule has 0 saturated carbocycles. The highest BCUT2D eigenvalue weighted by molar-refractivity contribution is 5.84. The molecule has 0 atom stereocenters. The van der Waals surface area contributed by atoms with Crippen LogP contribution in [-0.4, -0.2) is 14.9 Å². The lowest BCUT2D eigenvalue weighted by Crippen LogP contribution is -1.88. The number of rotatable bonds is 2. The molecule has 0 bridgehead atoms. The van der Waals surface area contributed by atoms with Crippen molar-refractivity contribution in [2.24, 2.45) is 0 Å². The topological polar surface area (TPSA) is 71.8 Å². The molecule has 1 aromatic carbocycles. The average molecular weight is 191 g/mol. The Morgan fingerprint density at radius 2 is 2.36 bits per heavy atom. The van der Waals surface area contributed by atoms with Crippen LogP contribution in [0.3, 0.4) is 0 Å². The summed E-state index contributed by atoms with van der Waals surface area (Å²) in [6, 6.07) is 4.90. The number of non-ortho nitro benzene ring substituents is 1. The van der Waals surface area contributed by atoms with Gasteiger partial charge >= 0.3 is 0 Å². The van der Waals surface area contributed by atoms with Crippen LogP contribution in [0.15, 0.2) is 18.2 Å². The normalized spacial score (nSPS) is 10.6. The highest BCUT2D eigenvalue weighted by Crippen LogP contribution is 2.22. The maximum Gasteiger partial charge on any atom is 0.297 e. The van der Waals surface area contributed by atoms with Gasteiger partial charge in [-0.05, 0) is 6.07 Å². The predicted octanol–water partition coefficient (Wildman–Crippen LogP) is 2.03. The van der Waals surface area contributed by atoms with Gasteiger partial charge in [0.15, 0.2) is 5.52 Å². The van der Waals surface area contributed by atoms with E-state index in [0.29, 0.717) is 5.52 Å². The Hall–Kier alpha value is -1.91. The third-order valence-electron chi connectivity index (χ3n) is 2.07. The molecule has 0 unspecified atom stereocenters. The lowest BCUT2D eigenvalue weighted by molar-refractivity contribution is -0.383. The smallest absolute Gasteiger partial charge is 0.297 e. The predicted molar refractivity (Wildman–Crippen MR) is 52.1 cm³/mol. The van der Waals surface area contributed by atoms with E-state index in [-0.39, 0.29) is 5.69 Å². The zero-order chi connectivity index (χ0) is 10.1. The summed E-state index contributed by atoms with van der Waals surface area (Å²) in [6.07, 6.45) is 0.742. The second-order valence-corrected chi connectivity index (χ2v) is 2.97. The van der Waals surface area contributed by atoms with E-state index in [2.05, 4.69) is 9.97 Å². The Morgan fingerprint density at radius 1 is 1.57 bits per heavy atom. The Labute approximate surface area is 79.9 Å². The number of nitrogens with one attached hydrogen (secondary N) is 1. The maximum absolute atomic E-state index is 10.7. The number of benzene rings is 1. The molecule has 2 aromatic rings. The zero-order valence-corrected chi connectivity index (χ0v) is 7.65. The first kappa shape index (κ1) is 8.68. The summed E-state index contributed by atoms with van der Waals surface area (Å²) in [5.74, 6) is 0.773. The first-order valence-electron chi connectivity index (χ1n) is 4.34. The number of nitrogens with zero attached hydrogens (tertiary/aromatic N) is 2. The van der Waals surface area contributed by atoms with Crippen molar-refractivity contribution in [3.8, 4) is 0 Å². The minimum Gasteiger partial charge on any atom is -0.342 e. The van der Waals surface area contributed by atoms with Gasteiger partial charge in [0.05, 0.1) is 10.4 Å². The van der Waals surface area contributed by atoms with Crippen LogP contribution in [0.1, 0.15) is 12.7 Å². The SMILES string of the molecule is CCc1nc2c([N+](=O)[O-])cccc2[nH]1. The molecular weight excluding hydrogens is 182 g/mol. The van der Waals surface area contributed by atoms with Crippen molar-refractivity contribution in [3.05, 3.63) is 34.1 Å². The zero-order valence-electron chi connectivity index (χ0n) is 7.65. The van der Waals surface area contributed by atoms with Crippen LogP contribution < -0.4 is 0 Å². The molecule has 72 valence electrons. The number of aryl methyl sites for hydroxylation is 1. The van der Waals surface area contributed by atoms with Crippen molar-refractivity contribution >= 4 is 16.7 Å². The van der Waals surface area contributed by atoms with Crippen LogP contribution in [0.2, 0.25) is 0 Å². The van der Waals surface area contributed by atoms with Gasteiger partial charge in [-0.2, -0.15) is 0 Å². The molecule has 5 nitrogen and oxygen atoms in total. The Kier molecular flexibility index (Phi) is 1.92. The van der Waals surface area contributed by atoms with Gasteiger partial charge in [-0.3, -0.25) is 10.1 Å². The van der Waals surface area contributed by atoms with E-state index in [4.69, 9.17) is 0 Å². The molecule has 0 amide bonds. The first-order valence-corrected chi connectivity index (χ1v) is 4.34. The van der Waals surface area contributed by atoms with Gasteiger partial charge in [-0.15, -0.1) is 0 Å². The second kappa shape index (κ2) is 3.10. The van der Waals surface area contributed by atoms with Crippen LogP contribution in [0.5, 0.6) is 0 Å². The van der Waals surface area contributed by atoms with Gasteiger partial charge in [0, 0.05) is 12.5 Å². The lowest BCUT2D eigenvalue weighted by Gasteiger charge is -1.90. The van der Waals surface area contributed by atoms with E-state index in [9.17, 15) is 10.1 Å². The van der Waals surface area contributed by atoms with Gasteiger partial charge in [-0.1, -0.05) is 13.0 Å². The molecular formula is C9H9N3O2. The van der Waals surface area contributed by atoms with Crippen LogP contribution >= 0.6 is 0 Å². The van der Waals surface area contributed by atoms with Crippen LogP contribution in [0, 0.1) is 10.1 Å². The molecule has 1 N–H and O–H groups in total. The minimum absolute atomic E-state index is 0.0541. The molecule has 14 heavy (non-hydrogen) atoms. The van der Waals surface area contributed by atoms with Gasteiger partial charge in [-0.25, -0.2) is 4.98 Å². The largest absolute Gasteiger partial charge is 0.342 e. The number of hydrogen-bond donors (Lipinski definition) is 1.